The summed E-state index contributed by atoms with van der Waals surface area (Å²) in [5, 5.41) is 0.899. The highest BCUT2D eigenvalue weighted by Gasteiger charge is 2.31. The second kappa shape index (κ2) is 33.8. The van der Waals surface area contributed by atoms with Gasteiger partial charge in [0.25, 0.3) is 0 Å². The second-order valence-electron chi connectivity index (χ2n) is 27.6. The van der Waals surface area contributed by atoms with E-state index < -0.39 is 0 Å². The Morgan fingerprint density at radius 2 is 0.678 bits per heavy atom. The third-order valence-corrected chi connectivity index (χ3v) is 20.8. The number of piperidine rings is 6. The van der Waals surface area contributed by atoms with E-state index in [4.69, 9.17) is 21.1 Å². The molecule has 8 aliphatic heterocycles. The van der Waals surface area contributed by atoms with Gasteiger partial charge in [0, 0.05) is 109 Å². The molecular weight excluding hydrogens is 1110 g/mol. The lowest BCUT2D eigenvalue weighted by Crippen LogP contribution is -2.49. The van der Waals surface area contributed by atoms with Crippen molar-refractivity contribution in [2.24, 2.45) is 0 Å². The summed E-state index contributed by atoms with van der Waals surface area (Å²) in [5.41, 5.74) is 7.57. The quantitative estimate of drug-likeness (QED) is 0.136. The number of anilines is 4. The first-order valence-corrected chi connectivity index (χ1v) is 35.0. The molecule has 0 aliphatic carbocycles. The SMILES string of the molecule is CC(C)c1ccc(N2CCC(N3CCCCC3)CC2)c(F)c1.CC(C)c1ccc(N2CCC(N3CCCCC3)CC2)nc1.CC(C)c1ccc(N2CCC(N3CCOCC3)CC2)c(Cl)c1.CC(C)c1ccc(N2CCC(N3CCOCC3)CC2)c(F)c1. The number of aromatic nitrogens is 1. The van der Waals surface area contributed by atoms with Crippen molar-refractivity contribution in [1.82, 2.24) is 24.6 Å². The summed E-state index contributed by atoms with van der Waals surface area (Å²) in [5.74, 6) is 2.88. The van der Waals surface area contributed by atoms with Gasteiger partial charge >= 0.3 is 0 Å². The van der Waals surface area contributed by atoms with E-state index in [0.29, 0.717) is 35.8 Å². The second-order valence-corrected chi connectivity index (χ2v) is 28.0. The lowest BCUT2D eigenvalue weighted by atomic mass is 9.98. The van der Waals surface area contributed by atoms with Gasteiger partial charge in [-0.2, -0.15) is 0 Å². The molecule has 0 saturated carbocycles. The molecule has 87 heavy (non-hydrogen) atoms. The van der Waals surface area contributed by atoms with Gasteiger partial charge in [0.1, 0.15) is 17.5 Å². The molecule has 0 spiro atoms. The number of pyridine rings is 1. The van der Waals surface area contributed by atoms with Crippen molar-refractivity contribution in [1.29, 1.82) is 0 Å². The van der Waals surface area contributed by atoms with E-state index in [1.165, 1.54) is 120 Å². The molecule has 1 aromatic heterocycles. The number of rotatable bonds is 12. The predicted molar refractivity (Wildman–Crippen MR) is 361 cm³/mol. The Balaban J connectivity index is 0.000000138. The first-order valence-electron chi connectivity index (χ1n) is 34.6. The highest BCUT2D eigenvalue weighted by Crippen LogP contribution is 2.34. The molecule has 0 atom stereocenters. The van der Waals surface area contributed by atoms with Crippen LogP contribution in [-0.2, 0) is 9.47 Å². The fraction of sp³-hybridized carbons (Fsp3) is 0.685. The molecule has 0 unspecified atom stereocenters. The molecule has 14 heteroatoms. The average molecular weight is 1220 g/mol. The Labute approximate surface area is 530 Å². The zero-order valence-electron chi connectivity index (χ0n) is 55.1. The van der Waals surface area contributed by atoms with Crippen molar-refractivity contribution in [2.45, 2.75) is 193 Å². The Bertz CT molecular complexity index is 2400. The maximum Gasteiger partial charge on any atom is 0.146 e. The van der Waals surface area contributed by atoms with Crippen LogP contribution in [0, 0.1) is 11.6 Å². The van der Waals surface area contributed by atoms with E-state index in [1.54, 1.807) is 12.1 Å². The van der Waals surface area contributed by atoms with Crippen molar-refractivity contribution < 1.29 is 18.3 Å². The van der Waals surface area contributed by atoms with Gasteiger partial charge in [-0.1, -0.05) is 104 Å². The Morgan fingerprint density at radius 1 is 0.368 bits per heavy atom. The Hall–Kier alpha value is -4.08. The molecule has 3 aromatic carbocycles. The van der Waals surface area contributed by atoms with Crippen LogP contribution in [0.15, 0.2) is 72.9 Å². The van der Waals surface area contributed by atoms with Crippen molar-refractivity contribution in [2.75, 3.05) is 151 Å². The van der Waals surface area contributed by atoms with Crippen LogP contribution in [0.3, 0.4) is 0 Å². The summed E-state index contributed by atoms with van der Waals surface area (Å²) < 4.78 is 39.7. The van der Waals surface area contributed by atoms with E-state index in [0.717, 1.165) is 163 Å². The van der Waals surface area contributed by atoms with Gasteiger partial charge in [-0.25, -0.2) is 13.8 Å². The number of halogens is 3. The fourth-order valence-corrected chi connectivity index (χ4v) is 15.0. The van der Waals surface area contributed by atoms with Crippen LogP contribution in [0.5, 0.6) is 0 Å². The van der Waals surface area contributed by atoms with E-state index in [-0.39, 0.29) is 11.6 Å². The predicted octanol–water partition coefficient (Wildman–Crippen LogP) is 15.1. The zero-order valence-corrected chi connectivity index (χ0v) is 55.8. The van der Waals surface area contributed by atoms with Crippen molar-refractivity contribution >= 4 is 34.5 Å². The number of ether oxygens (including phenoxy) is 2. The van der Waals surface area contributed by atoms with Gasteiger partial charge < -0.3 is 38.9 Å². The smallest absolute Gasteiger partial charge is 0.146 e. The molecule has 8 fully saturated rings. The molecule has 8 aliphatic rings. The summed E-state index contributed by atoms with van der Waals surface area (Å²) in [6.07, 6.45) is 20.0. The van der Waals surface area contributed by atoms with E-state index >= 15 is 0 Å². The third-order valence-electron chi connectivity index (χ3n) is 20.5. The van der Waals surface area contributed by atoms with Gasteiger partial charge in [0.2, 0.25) is 0 Å². The number of nitrogens with zero attached hydrogens (tertiary/aromatic N) is 9. The van der Waals surface area contributed by atoms with Gasteiger partial charge in [-0.3, -0.25) is 9.80 Å². The summed E-state index contributed by atoms with van der Waals surface area (Å²) in [6.45, 7) is 38.6. The van der Waals surface area contributed by atoms with Crippen LogP contribution in [0.25, 0.3) is 0 Å². The number of likely N-dealkylation sites (tertiary alicyclic amines) is 2. The van der Waals surface area contributed by atoms with Crippen molar-refractivity contribution in [3.63, 3.8) is 0 Å². The number of hydrogen-bond acceptors (Lipinski definition) is 11. The van der Waals surface area contributed by atoms with Crippen LogP contribution < -0.4 is 19.6 Å². The first kappa shape index (κ1) is 67.3. The molecule has 0 radical (unpaired) electrons. The monoisotopic (exact) mass is 1220 g/mol. The minimum atomic E-state index is -0.0731. The van der Waals surface area contributed by atoms with Crippen LogP contribution >= 0.6 is 11.6 Å². The molecular formula is C73H112ClF2N9O2. The van der Waals surface area contributed by atoms with Crippen LogP contribution in [0.4, 0.5) is 31.7 Å². The van der Waals surface area contributed by atoms with E-state index in [1.807, 2.05) is 12.1 Å². The summed E-state index contributed by atoms with van der Waals surface area (Å²) in [7, 11) is 0. The zero-order chi connectivity index (χ0) is 61.2. The molecule has 11 nitrogen and oxygen atoms in total. The largest absolute Gasteiger partial charge is 0.379 e. The molecule has 8 saturated heterocycles. The number of hydrogen-bond donors (Lipinski definition) is 0. The standard InChI is InChI=1S/C19H29FN2.C18H27ClN2O.C18H27FN2O.C18H29N3/c1-15(2)16-6-7-19(18(20)14-16)22-12-8-17(9-13-22)21-10-4-3-5-11-21;2*1-14(2)15-3-4-18(17(19)13-15)21-7-5-16(6-8-21)20-9-11-22-12-10-20;1-15(2)16-6-7-18(19-14-16)21-12-8-17(9-13-21)20-10-4-3-5-11-20/h6-7,14-15,17H,3-5,8-13H2,1-2H3;2*3-4,13-14,16H,5-12H2,1-2H3;6-7,14-15,17H,3-5,8-13H2,1-2H3. The van der Waals surface area contributed by atoms with Crippen LogP contribution in [-0.4, -0.2) is 180 Å². The van der Waals surface area contributed by atoms with Gasteiger partial charge in [-0.15, -0.1) is 0 Å². The lowest BCUT2D eigenvalue weighted by Gasteiger charge is -2.41. The molecule has 0 bridgehead atoms. The Kier molecular flexibility index (Phi) is 26.2. The van der Waals surface area contributed by atoms with E-state index in [2.05, 4.69) is 148 Å². The normalized spacial score (nSPS) is 21.6. The summed E-state index contributed by atoms with van der Waals surface area (Å²) in [6, 6.07) is 25.4. The maximum atomic E-state index is 14.4. The fourth-order valence-electron chi connectivity index (χ4n) is 14.7. The minimum Gasteiger partial charge on any atom is -0.379 e. The molecule has 12 rings (SSSR count). The van der Waals surface area contributed by atoms with Crippen molar-refractivity contribution in [3.05, 3.63) is 112 Å². The molecule has 0 N–H and O–H groups in total. The number of morpholine rings is 2. The van der Waals surface area contributed by atoms with E-state index in [9.17, 15) is 8.78 Å². The highest BCUT2D eigenvalue weighted by molar-refractivity contribution is 6.33. The first-order chi connectivity index (χ1) is 42.2. The maximum absolute atomic E-state index is 14.4. The molecule has 0 amide bonds. The molecule has 482 valence electrons. The van der Waals surface area contributed by atoms with Crippen LogP contribution in [0.1, 0.15) is 191 Å². The third kappa shape index (κ3) is 19.2. The average Bonchev–Trinajstić information content (AvgIpc) is 3.75. The Morgan fingerprint density at radius 3 is 1.00 bits per heavy atom. The minimum absolute atomic E-state index is 0.0531. The van der Waals surface area contributed by atoms with Gasteiger partial charge in [-0.05, 0) is 192 Å². The van der Waals surface area contributed by atoms with Crippen LogP contribution in [0.2, 0.25) is 5.02 Å². The summed E-state index contributed by atoms with van der Waals surface area (Å²) >= 11 is 6.52. The highest BCUT2D eigenvalue weighted by atomic mass is 35.5. The van der Waals surface area contributed by atoms with Crippen molar-refractivity contribution in [3.8, 4) is 0 Å². The van der Waals surface area contributed by atoms with Gasteiger partial charge in [0.05, 0.1) is 48.5 Å². The van der Waals surface area contributed by atoms with Gasteiger partial charge in [0.15, 0.2) is 0 Å². The summed E-state index contributed by atoms with van der Waals surface area (Å²) in [4.78, 5) is 24.6. The molecule has 9 heterocycles. The lowest BCUT2D eigenvalue weighted by molar-refractivity contribution is 0.0114. The molecule has 4 aromatic rings. The topological polar surface area (TPSA) is 57.3 Å². The number of benzene rings is 3.